The van der Waals surface area contributed by atoms with Crippen LogP contribution in [0.25, 0.3) is 10.1 Å². The van der Waals surface area contributed by atoms with Gasteiger partial charge < -0.3 is 14.6 Å². The molecule has 3 heterocycles. The fraction of sp³-hybridized carbons (Fsp3) is 0.318. The summed E-state index contributed by atoms with van der Waals surface area (Å²) >= 11 is 1.78. The molecule has 6 heteroatoms. The molecule has 1 saturated heterocycles. The lowest BCUT2D eigenvalue weighted by atomic mass is 9.94. The largest absolute Gasteiger partial charge is 0.481 e. The molecule has 0 amide bonds. The lowest BCUT2D eigenvalue weighted by molar-refractivity contribution is -0.143. The molecule has 2 aliphatic heterocycles. The van der Waals surface area contributed by atoms with Crippen LogP contribution < -0.4 is 9.47 Å². The molecule has 5 nitrogen and oxygen atoms in total. The Bertz CT molecular complexity index is 997. The van der Waals surface area contributed by atoms with Gasteiger partial charge in [-0.05, 0) is 54.6 Å². The summed E-state index contributed by atoms with van der Waals surface area (Å²) in [5.74, 6) is 0.501. The highest BCUT2D eigenvalue weighted by Crippen LogP contribution is 2.42. The number of piperidine rings is 1. The van der Waals surface area contributed by atoms with Crippen molar-refractivity contribution in [2.24, 2.45) is 5.92 Å². The van der Waals surface area contributed by atoms with Crippen molar-refractivity contribution in [1.82, 2.24) is 4.90 Å². The van der Waals surface area contributed by atoms with E-state index >= 15 is 0 Å². The van der Waals surface area contributed by atoms with E-state index in [0.717, 1.165) is 36.4 Å². The zero-order valence-corrected chi connectivity index (χ0v) is 16.2. The minimum atomic E-state index is -0.703. The van der Waals surface area contributed by atoms with Crippen LogP contribution in [0.1, 0.15) is 29.3 Å². The van der Waals surface area contributed by atoms with Crippen LogP contribution in [-0.2, 0) is 4.79 Å². The van der Waals surface area contributed by atoms with Gasteiger partial charge in [-0.1, -0.05) is 24.3 Å². The molecule has 28 heavy (non-hydrogen) atoms. The normalized spacial score (nSPS) is 20.4. The van der Waals surface area contributed by atoms with Crippen molar-refractivity contribution >= 4 is 27.4 Å². The number of hydrogen-bond acceptors (Lipinski definition) is 5. The molecule has 1 fully saturated rings. The van der Waals surface area contributed by atoms with Crippen molar-refractivity contribution in [3.05, 3.63) is 59.0 Å². The fourth-order valence-corrected chi connectivity index (χ4v) is 5.45. The van der Waals surface area contributed by atoms with E-state index in [1.54, 1.807) is 11.3 Å². The molecular formula is C22H21NO4S. The Balaban J connectivity index is 1.58. The monoisotopic (exact) mass is 395 g/mol. The maximum absolute atomic E-state index is 11.6. The number of carboxylic acid groups (broad SMARTS) is 1. The van der Waals surface area contributed by atoms with Gasteiger partial charge in [-0.15, -0.1) is 11.3 Å². The topological polar surface area (TPSA) is 59.0 Å². The number of likely N-dealkylation sites (tertiary alicyclic amines) is 1. The van der Waals surface area contributed by atoms with E-state index in [1.165, 1.54) is 15.0 Å². The molecule has 2 aromatic carbocycles. The molecule has 0 spiro atoms. The van der Waals surface area contributed by atoms with Gasteiger partial charge in [0.1, 0.15) is 0 Å². The minimum Gasteiger partial charge on any atom is -0.481 e. The fourth-order valence-electron chi connectivity index (χ4n) is 4.22. The van der Waals surface area contributed by atoms with Crippen LogP contribution in [0.5, 0.6) is 11.5 Å². The molecule has 0 radical (unpaired) electrons. The number of aliphatic carboxylic acids is 1. The molecule has 1 aromatic heterocycles. The molecular weight excluding hydrogens is 374 g/mol. The standard InChI is InChI=1S/C22H21NO4S/c24-22(25)16-5-3-9-23(12-16)21(15-7-8-17-18(10-15)27-13-26-17)20-11-14-4-1-2-6-19(14)28-20/h1-2,4,6-8,10-11,16,21H,3,5,9,12-13H2,(H,24,25). The molecule has 2 unspecified atom stereocenters. The molecule has 1 N–H and O–H groups in total. The summed E-state index contributed by atoms with van der Waals surface area (Å²) in [6, 6.07) is 16.7. The Morgan fingerprint density at radius 1 is 1.14 bits per heavy atom. The number of carbonyl (C=O) groups is 1. The molecule has 2 aliphatic rings. The number of rotatable bonds is 4. The predicted molar refractivity (Wildman–Crippen MR) is 108 cm³/mol. The Hall–Kier alpha value is -2.57. The van der Waals surface area contributed by atoms with Crippen LogP contribution in [0.4, 0.5) is 0 Å². The number of ether oxygens (including phenoxy) is 2. The first-order chi connectivity index (χ1) is 13.7. The van der Waals surface area contributed by atoms with Gasteiger partial charge in [-0.25, -0.2) is 0 Å². The second-order valence-electron chi connectivity index (χ2n) is 7.37. The Morgan fingerprint density at radius 3 is 2.86 bits per heavy atom. The number of carboxylic acids is 1. The van der Waals surface area contributed by atoms with E-state index in [0.29, 0.717) is 6.54 Å². The Kier molecular flexibility index (Phi) is 4.45. The second-order valence-corrected chi connectivity index (χ2v) is 8.49. The van der Waals surface area contributed by atoms with E-state index < -0.39 is 5.97 Å². The van der Waals surface area contributed by atoms with Gasteiger partial charge in [-0.2, -0.15) is 0 Å². The zero-order valence-electron chi connectivity index (χ0n) is 15.3. The molecule has 144 valence electrons. The van der Waals surface area contributed by atoms with Crippen molar-refractivity contribution in [1.29, 1.82) is 0 Å². The summed E-state index contributed by atoms with van der Waals surface area (Å²) in [4.78, 5) is 15.2. The quantitative estimate of drug-likeness (QED) is 0.704. The SMILES string of the molecule is O=C(O)C1CCCN(C(c2ccc3c(c2)OCO3)c2cc3ccccc3s2)C1. The van der Waals surface area contributed by atoms with E-state index in [9.17, 15) is 9.90 Å². The van der Waals surface area contributed by atoms with Crippen molar-refractivity contribution in [3.8, 4) is 11.5 Å². The van der Waals surface area contributed by atoms with Crippen LogP contribution in [0.3, 0.4) is 0 Å². The third-order valence-electron chi connectivity index (χ3n) is 5.59. The van der Waals surface area contributed by atoms with Crippen LogP contribution in [0.15, 0.2) is 48.5 Å². The summed E-state index contributed by atoms with van der Waals surface area (Å²) in [5, 5.41) is 10.8. The van der Waals surface area contributed by atoms with Gasteiger partial charge in [-0.3, -0.25) is 9.69 Å². The van der Waals surface area contributed by atoms with Gasteiger partial charge in [0.2, 0.25) is 6.79 Å². The highest BCUT2D eigenvalue weighted by Gasteiger charge is 2.33. The highest BCUT2D eigenvalue weighted by atomic mass is 32.1. The summed E-state index contributed by atoms with van der Waals surface area (Å²) in [7, 11) is 0. The summed E-state index contributed by atoms with van der Waals surface area (Å²) in [5.41, 5.74) is 1.11. The van der Waals surface area contributed by atoms with Gasteiger partial charge in [0, 0.05) is 16.1 Å². The number of fused-ring (bicyclic) bond motifs is 2. The molecule has 0 bridgehead atoms. The third kappa shape index (κ3) is 3.12. The summed E-state index contributed by atoms with van der Waals surface area (Å²) < 4.78 is 12.3. The molecule has 3 aromatic rings. The summed E-state index contributed by atoms with van der Waals surface area (Å²) in [6.45, 7) is 1.69. The van der Waals surface area contributed by atoms with E-state index in [-0.39, 0.29) is 18.8 Å². The van der Waals surface area contributed by atoms with Crippen molar-refractivity contribution in [2.75, 3.05) is 19.9 Å². The minimum absolute atomic E-state index is 0.00838. The first kappa shape index (κ1) is 17.5. The molecule has 2 atom stereocenters. The maximum Gasteiger partial charge on any atom is 0.307 e. The molecule has 0 aliphatic carbocycles. The van der Waals surface area contributed by atoms with Crippen LogP contribution in [-0.4, -0.2) is 35.9 Å². The van der Waals surface area contributed by atoms with Gasteiger partial charge in [0.15, 0.2) is 11.5 Å². The molecule has 0 saturated carbocycles. The van der Waals surface area contributed by atoms with Crippen molar-refractivity contribution in [2.45, 2.75) is 18.9 Å². The van der Waals surface area contributed by atoms with Crippen LogP contribution in [0.2, 0.25) is 0 Å². The first-order valence-corrected chi connectivity index (χ1v) is 10.4. The average molecular weight is 395 g/mol. The van der Waals surface area contributed by atoms with E-state index in [4.69, 9.17) is 9.47 Å². The molecule has 5 rings (SSSR count). The van der Waals surface area contributed by atoms with Crippen LogP contribution in [0, 0.1) is 5.92 Å². The number of hydrogen-bond donors (Lipinski definition) is 1. The van der Waals surface area contributed by atoms with Gasteiger partial charge >= 0.3 is 5.97 Å². The smallest absolute Gasteiger partial charge is 0.307 e. The number of benzene rings is 2. The van der Waals surface area contributed by atoms with Gasteiger partial charge in [0.25, 0.3) is 0 Å². The number of thiophene rings is 1. The highest BCUT2D eigenvalue weighted by molar-refractivity contribution is 7.19. The summed E-state index contributed by atoms with van der Waals surface area (Å²) in [6.07, 6.45) is 1.63. The third-order valence-corrected chi connectivity index (χ3v) is 6.76. The van der Waals surface area contributed by atoms with E-state index in [1.807, 2.05) is 12.1 Å². The lowest BCUT2D eigenvalue weighted by Crippen LogP contribution is -2.41. The predicted octanol–water partition coefficient (Wildman–Crippen LogP) is 4.52. The average Bonchev–Trinajstić information content (AvgIpc) is 3.34. The maximum atomic E-state index is 11.6. The zero-order chi connectivity index (χ0) is 19.1. The van der Waals surface area contributed by atoms with Crippen molar-refractivity contribution < 1.29 is 19.4 Å². The van der Waals surface area contributed by atoms with Crippen LogP contribution >= 0.6 is 11.3 Å². The Labute approximate surface area is 167 Å². The van der Waals surface area contributed by atoms with Gasteiger partial charge in [0.05, 0.1) is 12.0 Å². The van der Waals surface area contributed by atoms with E-state index in [2.05, 4.69) is 41.3 Å². The van der Waals surface area contributed by atoms with Crippen molar-refractivity contribution in [3.63, 3.8) is 0 Å². The lowest BCUT2D eigenvalue weighted by Gasteiger charge is -2.37. The first-order valence-electron chi connectivity index (χ1n) is 9.54. The number of nitrogens with zero attached hydrogens (tertiary/aromatic N) is 1. The Morgan fingerprint density at radius 2 is 2.00 bits per heavy atom. The second kappa shape index (κ2) is 7.11.